The fourth-order valence-corrected chi connectivity index (χ4v) is 6.25. The second kappa shape index (κ2) is 13.1. The van der Waals surface area contributed by atoms with Gasteiger partial charge >= 0.3 is 0 Å². The molecule has 4 aromatic rings. The first kappa shape index (κ1) is 29.7. The molecule has 2 saturated heterocycles. The van der Waals surface area contributed by atoms with Crippen molar-refractivity contribution >= 4 is 63.6 Å². The molecule has 3 N–H and O–H groups in total. The lowest BCUT2D eigenvalue weighted by atomic mass is 10.0. The normalized spacial score (nSPS) is 16.8. The van der Waals surface area contributed by atoms with Gasteiger partial charge in [-0.15, -0.1) is 5.10 Å². The third kappa shape index (κ3) is 6.76. The zero-order valence-corrected chi connectivity index (χ0v) is 26.2. The molecule has 0 bridgehead atoms. The van der Waals surface area contributed by atoms with Crippen LogP contribution in [0.4, 0.5) is 28.8 Å². The predicted octanol–water partition coefficient (Wildman–Crippen LogP) is 5.93. The van der Waals surface area contributed by atoms with Crippen LogP contribution in [0.2, 0.25) is 15.1 Å². The third-order valence-electron chi connectivity index (χ3n) is 8.06. The van der Waals surface area contributed by atoms with Crippen LogP contribution in [0.15, 0.2) is 42.7 Å². The average Bonchev–Trinajstić information content (AvgIpc) is 3.55. The van der Waals surface area contributed by atoms with Crippen molar-refractivity contribution < 1.29 is 4.74 Å². The summed E-state index contributed by atoms with van der Waals surface area (Å²) in [6.07, 6.45) is 5.37. The number of anilines is 5. The van der Waals surface area contributed by atoms with Crippen LogP contribution in [-0.4, -0.2) is 94.6 Å². The second-order valence-electron chi connectivity index (χ2n) is 10.8. The highest BCUT2D eigenvalue weighted by Gasteiger charge is 2.28. The Labute approximate surface area is 265 Å². The number of hydrogen-bond donors (Lipinski definition) is 3. The van der Waals surface area contributed by atoms with Gasteiger partial charge in [0.05, 0.1) is 47.3 Å². The van der Waals surface area contributed by atoms with Gasteiger partial charge < -0.3 is 25.2 Å². The number of rotatable bonds is 8. The summed E-state index contributed by atoms with van der Waals surface area (Å²) in [5.74, 6) is 1.34. The van der Waals surface area contributed by atoms with E-state index in [1.165, 1.54) is 6.20 Å². The van der Waals surface area contributed by atoms with Gasteiger partial charge in [0.15, 0.2) is 5.82 Å². The molecule has 0 radical (unpaired) electrons. The Morgan fingerprint density at radius 3 is 2.42 bits per heavy atom. The topological polar surface area (TPSA) is 110 Å². The molecule has 14 heteroatoms. The molecule has 226 valence electrons. The van der Waals surface area contributed by atoms with E-state index in [1.807, 2.05) is 18.2 Å². The largest absolute Gasteiger partial charge is 0.494 e. The van der Waals surface area contributed by atoms with Crippen molar-refractivity contribution in [3.05, 3.63) is 57.8 Å². The van der Waals surface area contributed by atoms with Crippen molar-refractivity contribution in [1.82, 2.24) is 35.2 Å². The maximum Gasteiger partial charge on any atom is 0.229 e. The summed E-state index contributed by atoms with van der Waals surface area (Å²) >= 11 is 19.6. The molecule has 0 atom stereocenters. The van der Waals surface area contributed by atoms with E-state index in [-0.39, 0.29) is 0 Å². The van der Waals surface area contributed by atoms with Gasteiger partial charge in [-0.1, -0.05) is 40.0 Å². The van der Waals surface area contributed by atoms with E-state index >= 15 is 0 Å². The molecule has 0 amide bonds. The molecule has 4 heterocycles. The molecule has 0 unspecified atom stereocenters. The van der Waals surface area contributed by atoms with E-state index in [0.717, 1.165) is 63.4 Å². The van der Waals surface area contributed by atoms with Crippen molar-refractivity contribution in [2.24, 2.45) is 0 Å². The lowest BCUT2D eigenvalue weighted by molar-refractivity contribution is 0.0982. The average molecular weight is 644 g/mol. The molecule has 2 aliphatic rings. The van der Waals surface area contributed by atoms with Gasteiger partial charge in [0.2, 0.25) is 5.95 Å². The molecule has 11 nitrogen and oxygen atoms in total. The zero-order valence-electron chi connectivity index (χ0n) is 23.9. The number of benzene rings is 2. The number of halogens is 3. The third-order valence-corrected chi connectivity index (χ3v) is 8.87. The highest BCUT2D eigenvalue weighted by Crippen LogP contribution is 2.39. The minimum Gasteiger partial charge on any atom is -0.494 e. The quantitative estimate of drug-likeness (QED) is 0.214. The van der Waals surface area contributed by atoms with Crippen LogP contribution in [0.1, 0.15) is 12.8 Å². The van der Waals surface area contributed by atoms with Gasteiger partial charge in [-0.2, -0.15) is 4.98 Å². The van der Waals surface area contributed by atoms with E-state index in [9.17, 15) is 0 Å². The summed E-state index contributed by atoms with van der Waals surface area (Å²) in [6.45, 7) is 6.45. The Kier molecular flexibility index (Phi) is 9.06. The van der Waals surface area contributed by atoms with Gasteiger partial charge in [0, 0.05) is 62.0 Å². The molecule has 2 aromatic heterocycles. The lowest BCUT2D eigenvalue weighted by Gasteiger charge is -2.42. The van der Waals surface area contributed by atoms with Crippen LogP contribution in [0, 0.1) is 0 Å². The van der Waals surface area contributed by atoms with Crippen molar-refractivity contribution in [3.8, 4) is 17.0 Å². The summed E-state index contributed by atoms with van der Waals surface area (Å²) in [4.78, 5) is 16.4. The molecule has 2 fully saturated rings. The maximum absolute atomic E-state index is 6.85. The van der Waals surface area contributed by atoms with Crippen molar-refractivity contribution in [1.29, 1.82) is 0 Å². The van der Waals surface area contributed by atoms with Crippen LogP contribution in [-0.2, 0) is 0 Å². The van der Waals surface area contributed by atoms with Gasteiger partial charge in [-0.25, -0.2) is 4.98 Å². The predicted molar refractivity (Wildman–Crippen MR) is 173 cm³/mol. The monoisotopic (exact) mass is 642 g/mol. The number of methoxy groups -OCH3 is 1. The Balaban J connectivity index is 1.18. The summed E-state index contributed by atoms with van der Waals surface area (Å²) in [5.41, 5.74) is 3.79. The molecule has 2 aliphatic heterocycles. The molecule has 0 aliphatic carbocycles. The van der Waals surface area contributed by atoms with Crippen molar-refractivity contribution in [2.75, 3.05) is 69.0 Å². The molecule has 6 rings (SSSR count). The van der Waals surface area contributed by atoms with Crippen LogP contribution >= 0.6 is 34.8 Å². The Morgan fingerprint density at radius 2 is 1.70 bits per heavy atom. The highest BCUT2D eigenvalue weighted by atomic mass is 35.5. The van der Waals surface area contributed by atoms with E-state index in [4.69, 9.17) is 39.5 Å². The first-order valence-corrected chi connectivity index (χ1v) is 15.3. The smallest absolute Gasteiger partial charge is 0.229 e. The highest BCUT2D eigenvalue weighted by molar-refractivity contribution is 6.34. The SMILES string of the molecule is COc1cc(N2CCC(N3CCN(C)CC3)CC2)c(Cl)cc1Nc1ncc(Cl)c(Nc2cc(Cl)ccc2-c2cnn[nH]2)n1. The van der Waals surface area contributed by atoms with Crippen LogP contribution in [0.5, 0.6) is 5.75 Å². The van der Waals surface area contributed by atoms with Gasteiger partial charge in [0.1, 0.15) is 10.8 Å². The number of hydrogen-bond acceptors (Lipinski definition) is 10. The number of piperazine rings is 1. The van der Waals surface area contributed by atoms with Crippen LogP contribution < -0.4 is 20.3 Å². The van der Waals surface area contributed by atoms with E-state index in [1.54, 1.807) is 25.4 Å². The van der Waals surface area contributed by atoms with Crippen LogP contribution in [0.25, 0.3) is 11.3 Å². The molecule has 43 heavy (non-hydrogen) atoms. The lowest BCUT2D eigenvalue weighted by Crippen LogP contribution is -2.52. The number of likely N-dealkylation sites (N-methyl/N-ethyl adjacent to an activating group) is 1. The second-order valence-corrected chi connectivity index (χ2v) is 12.0. The number of nitrogens with zero attached hydrogens (tertiary/aromatic N) is 7. The molecule has 0 spiro atoms. The summed E-state index contributed by atoms with van der Waals surface area (Å²) in [6, 6.07) is 9.87. The van der Waals surface area contributed by atoms with Gasteiger partial charge in [0.25, 0.3) is 0 Å². The van der Waals surface area contributed by atoms with Crippen LogP contribution in [0.3, 0.4) is 0 Å². The molecular weight excluding hydrogens is 611 g/mol. The Bertz CT molecular complexity index is 1550. The fraction of sp³-hybridized carbons (Fsp3) is 0.379. The maximum atomic E-state index is 6.85. The van der Waals surface area contributed by atoms with Crippen molar-refractivity contribution in [2.45, 2.75) is 18.9 Å². The molecule has 2 aromatic carbocycles. The first-order valence-electron chi connectivity index (χ1n) is 14.2. The first-order chi connectivity index (χ1) is 20.9. The number of ether oxygens (including phenoxy) is 1. The van der Waals surface area contributed by atoms with E-state index in [2.05, 4.69) is 57.8 Å². The number of aromatic amines is 1. The number of piperidine rings is 1. The number of aromatic nitrogens is 5. The van der Waals surface area contributed by atoms with Crippen molar-refractivity contribution in [3.63, 3.8) is 0 Å². The number of nitrogens with one attached hydrogen (secondary N) is 3. The fourth-order valence-electron chi connectivity index (χ4n) is 5.66. The van der Waals surface area contributed by atoms with Gasteiger partial charge in [-0.3, -0.25) is 10.00 Å². The summed E-state index contributed by atoms with van der Waals surface area (Å²) in [7, 11) is 3.83. The van der Waals surface area contributed by atoms with E-state index in [0.29, 0.717) is 55.7 Å². The molecular formula is C29H33Cl3N10O. The van der Waals surface area contributed by atoms with E-state index < -0.39 is 0 Å². The zero-order chi connectivity index (χ0) is 29.9. The van der Waals surface area contributed by atoms with Gasteiger partial charge in [-0.05, 0) is 44.2 Å². The minimum atomic E-state index is 0.314. The summed E-state index contributed by atoms with van der Waals surface area (Å²) in [5, 5.41) is 18.6. The molecule has 0 saturated carbocycles. The summed E-state index contributed by atoms with van der Waals surface area (Å²) < 4.78 is 5.76. The Hall–Kier alpha value is -3.35. The standard InChI is InChI=1S/C29H33Cl3N10O/c1-40-9-11-41(12-10-40)19-5-7-42(8-6-19)26-15-27(43-2)24(14-21(26)31)36-29-33-16-22(32)28(37-29)35-23-13-18(30)3-4-20(23)25-17-34-39-38-25/h3-4,13-17,19H,5-12H2,1-2H3,(H,34,38,39)(H2,33,35,36,37). The minimum absolute atomic E-state index is 0.314. The number of H-pyrrole nitrogens is 1. The Morgan fingerprint density at radius 1 is 0.907 bits per heavy atom.